The molecular weight excluding hydrogens is 389 g/mol. The van der Waals surface area contributed by atoms with Crippen LogP contribution in [0.2, 0.25) is 15.1 Å². The lowest BCUT2D eigenvalue weighted by molar-refractivity contribution is -0.126. The average molecular weight is 401 g/mol. The number of carbonyl (C=O) groups excluding carboxylic acids is 2. The summed E-state index contributed by atoms with van der Waals surface area (Å²) in [5, 5.41) is 16.6. The van der Waals surface area contributed by atoms with E-state index in [1.54, 1.807) is 18.2 Å². The molecule has 2 amide bonds. The van der Waals surface area contributed by atoms with Gasteiger partial charge in [0.25, 0.3) is 0 Å². The Morgan fingerprint density at radius 3 is 2.64 bits per heavy atom. The summed E-state index contributed by atoms with van der Waals surface area (Å²) in [6.07, 6.45) is 0.743. The number of carbonyl (C=O) groups is 2. The number of hydrogen-bond donors (Lipinski definition) is 3. The Morgan fingerprint density at radius 2 is 1.88 bits per heavy atom. The van der Waals surface area contributed by atoms with E-state index in [4.69, 9.17) is 34.8 Å². The van der Waals surface area contributed by atoms with E-state index in [9.17, 15) is 14.7 Å². The van der Waals surface area contributed by atoms with Crippen LogP contribution in [-0.2, 0) is 9.59 Å². The van der Waals surface area contributed by atoms with E-state index in [0.717, 1.165) is 0 Å². The number of hydrazone groups is 1. The highest BCUT2D eigenvalue weighted by Crippen LogP contribution is 2.29. The summed E-state index contributed by atoms with van der Waals surface area (Å²) in [7, 11) is 0. The van der Waals surface area contributed by atoms with Gasteiger partial charge in [0.1, 0.15) is 12.2 Å². The van der Waals surface area contributed by atoms with Crippen LogP contribution >= 0.6 is 34.8 Å². The molecule has 0 heterocycles. The highest BCUT2D eigenvalue weighted by molar-refractivity contribution is 6.44. The van der Waals surface area contributed by atoms with Crippen LogP contribution in [0.1, 0.15) is 12.0 Å². The molecule has 0 atom stereocenters. The molecule has 3 N–H and O–H groups in total. The van der Waals surface area contributed by atoms with E-state index in [1.807, 2.05) is 0 Å². The standard InChI is InChI=1S/C16H12Cl3N3O3/c17-10-4-5-13(23)9(6-10)8-20-22-15(25)7-14(24)21-12-3-1-2-11(18)16(12)19/h1-6,8,23H,7H2,(H,21,24)(H,22,25)/b20-8+. The monoisotopic (exact) mass is 399 g/mol. The minimum absolute atomic E-state index is 0.0456. The summed E-state index contributed by atoms with van der Waals surface area (Å²) in [6.45, 7) is 0. The molecule has 2 rings (SSSR count). The topological polar surface area (TPSA) is 90.8 Å². The summed E-state index contributed by atoms with van der Waals surface area (Å²) in [5.41, 5.74) is 2.80. The molecule has 130 valence electrons. The minimum Gasteiger partial charge on any atom is -0.507 e. The van der Waals surface area contributed by atoms with Crippen molar-refractivity contribution in [3.05, 3.63) is 57.0 Å². The number of phenols is 1. The van der Waals surface area contributed by atoms with Gasteiger partial charge in [-0.25, -0.2) is 5.43 Å². The van der Waals surface area contributed by atoms with Crippen molar-refractivity contribution in [2.75, 3.05) is 5.32 Å². The van der Waals surface area contributed by atoms with E-state index in [1.165, 1.54) is 24.4 Å². The maximum Gasteiger partial charge on any atom is 0.249 e. The van der Waals surface area contributed by atoms with Crippen LogP contribution < -0.4 is 10.7 Å². The number of amides is 2. The minimum atomic E-state index is -0.645. The fourth-order valence-electron chi connectivity index (χ4n) is 1.78. The van der Waals surface area contributed by atoms with Gasteiger partial charge in [0.15, 0.2) is 0 Å². The largest absolute Gasteiger partial charge is 0.507 e. The van der Waals surface area contributed by atoms with Crippen LogP contribution in [0.5, 0.6) is 5.75 Å². The van der Waals surface area contributed by atoms with Gasteiger partial charge in [-0.1, -0.05) is 40.9 Å². The van der Waals surface area contributed by atoms with Crippen molar-refractivity contribution in [3.8, 4) is 5.75 Å². The SMILES string of the molecule is O=C(CC(=O)Nc1cccc(Cl)c1Cl)N/N=C/c1cc(Cl)ccc1O. The van der Waals surface area contributed by atoms with E-state index in [2.05, 4.69) is 15.8 Å². The molecule has 0 saturated heterocycles. The predicted octanol–water partition coefficient (Wildman–Crippen LogP) is 3.83. The number of halogens is 3. The summed E-state index contributed by atoms with van der Waals surface area (Å²) >= 11 is 17.6. The first-order valence-electron chi connectivity index (χ1n) is 6.91. The van der Waals surface area contributed by atoms with Crippen LogP contribution in [0, 0.1) is 0 Å². The van der Waals surface area contributed by atoms with Gasteiger partial charge in [0, 0.05) is 10.6 Å². The van der Waals surface area contributed by atoms with Crippen LogP contribution in [-0.4, -0.2) is 23.1 Å². The lowest BCUT2D eigenvalue weighted by Crippen LogP contribution is -2.24. The number of rotatable bonds is 5. The van der Waals surface area contributed by atoms with Gasteiger partial charge in [0.05, 0.1) is 21.9 Å². The van der Waals surface area contributed by atoms with Gasteiger partial charge in [0.2, 0.25) is 11.8 Å². The van der Waals surface area contributed by atoms with Gasteiger partial charge in [-0.3, -0.25) is 9.59 Å². The summed E-state index contributed by atoms with van der Waals surface area (Å²) < 4.78 is 0. The zero-order valence-corrected chi connectivity index (χ0v) is 14.9. The Labute approximate surface area is 158 Å². The Hall–Kier alpha value is -2.28. The van der Waals surface area contributed by atoms with Crippen LogP contribution in [0.4, 0.5) is 5.69 Å². The molecule has 0 radical (unpaired) electrons. The smallest absolute Gasteiger partial charge is 0.249 e. The fraction of sp³-hybridized carbons (Fsp3) is 0.0625. The number of nitrogens with zero attached hydrogens (tertiary/aromatic N) is 1. The third-order valence-corrected chi connectivity index (χ3v) is 3.98. The maximum atomic E-state index is 11.8. The molecule has 0 spiro atoms. The third-order valence-electron chi connectivity index (χ3n) is 2.93. The van der Waals surface area contributed by atoms with E-state index < -0.39 is 18.2 Å². The molecule has 2 aromatic carbocycles. The first kappa shape index (κ1) is 19.1. The Kier molecular flexibility index (Phi) is 6.64. The van der Waals surface area contributed by atoms with Crippen LogP contribution in [0.15, 0.2) is 41.5 Å². The Morgan fingerprint density at radius 1 is 1.12 bits per heavy atom. The molecule has 6 nitrogen and oxygen atoms in total. The van der Waals surface area contributed by atoms with Crippen molar-refractivity contribution in [2.24, 2.45) is 5.10 Å². The van der Waals surface area contributed by atoms with E-state index in [-0.39, 0.29) is 15.8 Å². The maximum absolute atomic E-state index is 11.8. The van der Waals surface area contributed by atoms with Crippen molar-refractivity contribution in [3.63, 3.8) is 0 Å². The highest BCUT2D eigenvalue weighted by atomic mass is 35.5. The zero-order valence-electron chi connectivity index (χ0n) is 12.6. The molecule has 0 unspecified atom stereocenters. The van der Waals surface area contributed by atoms with E-state index in [0.29, 0.717) is 16.3 Å². The van der Waals surface area contributed by atoms with Crippen LogP contribution in [0.25, 0.3) is 0 Å². The normalized spacial score (nSPS) is 10.7. The number of hydrogen-bond acceptors (Lipinski definition) is 4. The second kappa shape index (κ2) is 8.71. The van der Waals surface area contributed by atoms with Crippen molar-refractivity contribution in [2.45, 2.75) is 6.42 Å². The van der Waals surface area contributed by atoms with E-state index >= 15 is 0 Å². The molecule has 0 bridgehead atoms. The average Bonchev–Trinajstić information content (AvgIpc) is 2.55. The van der Waals surface area contributed by atoms with Gasteiger partial charge in [-0.05, 0) is 30.3 Å². The number of phenolic OH excluding ortho intramolecular Hbond substituents is 1. The van der Waals surface area contributed by atoms with Crippen molar-refractivity contribution in [1.82, 2.24) is 5.43 Å². The zero-order chi connectivity index (χ0) is 18.4. The molecule has 0 aromatic heterocycles. The third kappa shape index (κ3) is 5.63. The van der Waals surface area contributed by atoms with Crippen LogP contribution in [0.3, 0.4) is 0 Å². The molecule has 0 saturated carbocycles. The summed E-state index contributed by atoms with van der Waals surface area (Å²) in [6, 6.07) is 9.13. The number of aromatic hydroxyl groups is 1. The summed E-state index contributed by atoms with van der Waals surface area (Å²) in [5.74, 6) is -1.27. The molecule has 0 fully saturated rings. The molecule has 25 heavy (non-hydrogen) atoms. The number of anilines is 1. The number of nitrogens with one attached hydrogen (secondary N) is 2. The highest BCUT2D eigenvalue weighted by Gasteiger charge is 2.12. The fourth-order valence-corrected chi connectivity index (χ4v) is 2.31. The predicted molar refractivity (Wildman–Crippen MR) is 98.6 cm³/mol. The van der Waals surface area contributed by atoms with Gasteiger partial charge < -0.3 is 10.4 Å². The quantitative estimate of drug-likeness (QED) is 0.405. The van der Waals surface area contributed by atoms with Gasteiger partial charge in [-0.2, -0.15) is 5.10 Å². The first-order valence-corrected chi connectivity index (χ1v) is 8.04. The van der Waals surface area contributed by atoms with Gasteiger partial charge in [-0.15, -0.1) is 0 Å². The lowest BCUT2D eigenvalue weighted by atomic mass is 10.2. The van der Waals surface area contributed by atoms with Crippen molar-refractivity contribution < 1.29 is 14.7 Å². The number of benzene rings is 2. The Balaban J connectivity index is 1.89. The second-order valence-electron chi connectivity index (χ2n) is 4.82. The molecule has 0 aliphatic rings. The Bertz CT molecular complexity index is 841. The summed E-state index contributed by atoms with van der Waals surface area (Å²) in [4.78, 5) is 23.5. The second-order valence-corrected chi connectivity index (χ2v) is 6.04. The lowest BCUT2D eigenvalue weighted by Gasteiger charge is -2.07. The van der Waals surface area contributed by atoms with Gasteiger partial charge >= 0.3 is 0 Å². The molecule has 9 heteroatoms. The molecule has 0 aliphatic heterocycles. The first-order chi connectivity index (χ1) is 11.9. The van der Waals surface area contributed by atoms with Crippen molar-refractivity contribution in [1.29, 1.82) is 0 Å². The molecule has 2 aromatic rings. The molecule has 0 aliphatic carbocycles. The van der Waals surface area contributed by atoms with Crippen molar-refractivity contribution >= 4 is 58.5 Å². The molecular formula is C16H12Cl3N3O3.